The largest absolute Gasteiger partial charge is 0.481 e. The monoisotopic (exact) mass is 885 g/mol. The SMILES string of the molecule is Cn1c(C(=O)Nc2cccc(-c3cccc(/C=C(\F)c4nc5c(n4C)CCN(C4CCC(C)(C(=O)O)CC4)C5)c3Cl)c2Cl)nc2c1CCN(CCC13CCC(C(=O)O)(CC1)C3)C2. The van der Waals surface area contributed by atoms with E-state index in [2.05, 4.69) is 15.1 Å². The van der Waals surface area contributed by atoms with Crippen LogP contribution in [0.25, 0.3) is 23.0 Å². The van der Waals surface area contributed by atoms with Crippen LogP contribution in [0, 0.1) is 16.2 Å². The third-order valence-electron chi connectivity index (χ3n) is 15.4. The molecule has 0 atom stereocenters. The number of halogens is 3. The minimum Gasteiger partial charge on any atom is -0.481 e. The molecule has 3 fully saturated rings. The van der Waals surface area contributed by atoms with E-state index < -0.39 is 28.6 Å². The molecule has 0 saturated heterocycles. The molecule has 2 aromatic heterocycles. The molecule has 3 aliphatic carbocycles. The summed E-state index contributed by atoms with van der Waals surface area (Å²) in [6.45, 7) is 5.60. The Balaban J connectivity index is 0.869. The van der Waals surface area contributed by atoms with Gasteiger partial charge in [0, 0.05) is 81.7 Å². The normalized spacial score (nSPS) is 26.4. The summed E-state index contributed by atoms with van der Waals surface area (Å²) in [4.78, 5) is 51.9. The lowest BCUT2D eigenvalue weighted by Gasteiger charge is -2.41. The van der Waals surface area contributed by atoms with Gasteiger partial charge in [0.15, 0.2) is 17.5 Å². The summed E-state index contributed by atoms with van der Waals surface area (Å²) in [6, 6.07) is 10.9. The fourth-order valence-electron chi connectivity index (χ4n) is 11.3. The van der Waals surface area contributed by atoms with Gasteiger partial charge in [-0.2, -0.15) is 0 Å². The molecule has 2 bridgehead atoms. The number of aromatic nitrogens is 4. The number of carboxylic acid groups (broad SMARTS) is 2. The van der Waals surface area contributed by atoms with Crippen LogP contribution < -0.4 is 5.32 Å². The molecular formula is C47H54Cl2FN7O5. The van der Waals surface area contributed by atoms with Gasteiger partial charge in [-0.1, -0.05) is 53.5 Å². The Labute approximate surface area is 371 Å². The van der Waals surface area contributed by atoms with Crippen LogP contribution in [0.3, 0.4) is 0 Å². The number of hydrogen-bond donors (Lipinski definition) is 3. The molecule has 0 radical (unpaired) electrons. The third kappa shape index (κ3) is 7.56. The molecule has 2 aliphatic heterocycles. The molecular weight excluding hydrogens is 832 g/mol. The van der Waals surface area contributed by atoms with E-state index >= 15 is 4.39 Å². The van der Waals surface area contributed by atoms with E-state index in [1.54, 1.807) is 24.3 Å². The second kappa shape index (κ2) is 16.2. The molecule has 0 spiro atoms. The van der Waals surface area contributed by atoms with Crippen molar-refractivity contribution in [3.8, 4) is 11.1 Å². The predicted octanol–water partition coefficient (Wildman–Crippen LogP) is 9.02. The van der Waals surface area contributed by atoms with Crippen LogP contribution in [0.1, 0.15) is 116 Å². The zero-order valence-electron chi connectivity index (χ0n) is 35.6. The Morgan fingerprint density at radius 1 is 0.839 bits per heavy atom. The van der Waals surface area contributed by atoms with Crippen molar-refractivity contribution in [2.75, 3.05) is 25.0 Å². The first-order valence-corrected chi connectivity index (χ1v) is 22.6. The fourth-order valence-corrected chi connectivity index (χ4v) is 11.9. The van der Waals surface area contributed by atoms with Crippen LogP contribution in [0.4, 0.5) is 10.1 Å². The number of nitrogens with one attached hydrogen (secondary N) is 1. The van der Waals surface area contributed by atoms with E-state index in [1.165, 1.54) is 6.08 Å². The van der Waals surface area contributed by atoms with Crippen molar-refractivity contribution >= 4 is 58.6 Å². The highest BCUT2D eigenvalue weighted by atomic mass is 35.5. The molecule has 0 unspecified atom stereocenters. The van der Waals surface area contributed by atoms with Crippen molar-refractivity contribution < 1.29 is 29.0 Å². The van der Waals surface area contributed by atoms with Gasteiger partial charge in [0.05, 0.1) is 38.0 Å². The minimum atomic E-state index is -0.732. The van der Waals surface area contributed by atoms with E-state index in [9.17, 15) is 24.6 Å². The molecule has 3 N–H and O–H groups in total. The van der Waals surface area contributed by atoms with Crippen LogP contribution in [0.15, 0.2) is 36.4 Å². The molecule has 15 heteroatoms. The Morgan fingerprint density at radius 2 is 1.47 bits per heavy atom. The maximum absolute atomic E-state index is 16.2. The number of carbonyl (C=O) groups excluding carboxylic acids is 1. The van der Waals surface area contributed by atoms with E-state index in [0.717, 1.165) is 107 Å². The molecule has 2 aromatic carbocycles. The first-order chi connectivity index (χ1) is 29.6. The van der Waals surface area contributed by atoms with Crippen molar-refractivity contribution in [2.45, 2.75) is 103 Å². The number of anilines is 1. The number of amides is 1. The maximum Gasteiger partial charge on any atom is 0.309 e. The van der Waals surface area contributed by atoms with E-state index in [0.29, 0.717) is 53.3 Å². The van der Waals surface area contributed by atoms with E-state index in [4.69, 9.17) is 33.2 Å². The highest BCUT2D eigenvalue weighted by Crippen LogP contribution is 2.63. The first kappa shape index (κ1) is 42.7. The molecule has 328 valence electrons. The van der Waals surface area contributed by atoms with Gasteiger partial charge in [-0.15, -0.1) is 0 Å². The zero-order valence-corrected chi connectivity index (χ0v) is 37.1. The summed E-state index contributed by atoms with van der Waals surface area (Å²) in [6.07, 6.45) is 11.1. The number of benzene rings is 2. The predicted molar refractivity (Wildman–Crippen MR) is 237 cm³/mol. The van der Waals surface area contributed by atoms with Gasteiger partial charge in [0.2, 0.25) is 0 Å². The van der Waals surface area contributed by atoms with Gasteiger partial charge in [-0.25, -0.2) is 14.4 Å². The summed E-state index contributed by atoms with van der Waals surface area (Å²) in [7, 11) is 3.69. The van der Waals surface area contributed by atoms with Gasteiger partial charge in [0.25, 0.3) is 5.91 Å². The summed E-state index contributed by atoms with van der Waals surface area (Å²) >= 11 is 14.0. The number of carboxylic acids is 2. The van der Waals surface area contributed by atoms with Crippen LogP contribution in [0.2, 0.25) is 10.0 Å². The topological polar surface area (TPSA) is 146 Å². The average Bonchev–Trinajstić information content (AvgIpc) is 4.02. The standard InChI is InChI=1S/C47H54Cl2FN7O5/c1-45(43(59)60)14-10-29(11-15-45)57-22-13-37-35(26-57)51-40(54(37)2)32(50)24-28-6-4-7-30(38(28)48)31-8-5-9-33(39(31)49)53-42(58)41-52-34-25-56(21-12-36(34)55(41)3)23-20-46-16-18-47(27-46,19-17-46)44(61)62/h4-9,24,29H,10-23,25-27H2,1-3H3,(H,53,58)(H,59,60)(H,61,62)/b32-24-. The maximum atomic E-state index is 16.2. The number of fused-ring (bicyclic) bond motifs is 4. The number of aliphatic carboxylic acids is 2. The number of imidazole rings is 2. The molecule has 4 aromatic rings. The van der Waals surface area contributed by atoms with Crippen LogP contribution in [-0.4, -0.2) is 82.6 Å². The van der Waals surface area contributed by atoms with Gasteiger partial charge in [-0.05, 0) is 101 Å². The lowest BCUT2D eigenvalue weighted by molar-refractivity contribution is -0.150. The Hall–Kier alpha value is -4.56. The minimum absolute atomic E-state index is 0.121. The summed E-state index contributed by atoms with van der Waals surface area (Å²) in [5.41, 5.74) is 4.64. The van der Waals surface area contributed by atoms with E-state index in [1.807, 2.05) is 42.3 Å². The van der Waals surface area contributed by atoms with Gasteiger partial charge in [-0.3, -0.25) is 24.2 Å². The molecule has 5 aliphatic rings. The van der Waals surface area contributed by atoms with Crippen LogP contribution in [-0.2, 0) is 49.6 Å². The second-order valence-electron chi connectivity index (χ2n) is 19.0. The smallest absolute Gasteiger partial charge is 0.309 e. The first-order valence-electron chi connectivity index (χ1n) is 21.9. The second-order valence-corrected chi connectivity index (χ2v) is 19.7. The lowest BCUT2D eigenvalue weighted by Crippen LogP contribution is -2.44. The fraction of sp³-hybridized carbons (Fsp3) is 0.511. The molecule has 3 saturated carbocycles. The third-order valence-corrected chi connectivity index (χ3v) is 16.2. The highest BCUT2D eigenvalue weighted by molar-refractivity contribution is 6.39. The molecule has 9 rings (SSSR count). The average molecular weight is 887 g/mol. The molecule has 62 heavy (non-hydrogen) atoms. The highest BCUT2D eigenvalue weighted by Gasteiger charge is 2.57. The number of carbonyl (C=O) groups is 3. The van der Waals surface area contributed by atoms with Gasteiger partial charge >= 0.3 is 11.9 Å². The van der Waals surface area contributed by atoms with Crippen molar-refractivity contribution in [1.82, 2.24) is 28.9 Å². The summed E-state index contributed by atoms with van der Waals surface area (Å²) in [5, 5.41) is 23.1. The Morgan fingerprint density at radius 3 is 2.15 bits per heavy atom. The number of nitrogens with zero attached hydrogens (tertiary/aromatic N) is 6. The van der Waals surface area contributed by atoms with Gasteiger partial charge < -0.3 is 24.7 Å². The van der Waals surface area contributed by atoms with Crippen LogP contribution in [0.5, 0.6) is 0 Å². The lowest BCUT2D eigenvalue weighted by atomic mass is 9.73. The Bertz CT molecular complexity index is 2500. The number of hydrogen-bond acceptors (Lipinski definition) is 7. The summed E-state index contributed by atoms with van der Waals surface area (Å²) in [5.74, 6) is -1.77. The van der Waals surface area contributed by atoms with Crippen molar-refractivity contribution in [3.63, 3.8) is 0 Å². The number of rotatable bonds is 11. The quantitative estimate of drug-likeness (QED) is 0.134. The van der Waals surface area contributed by atoms with Crippen LogP contribution >= 0.6 is 23.2 Å². The van der Waals surface area contributed by atoms with E-state index in [-0.39, 0.29) is 34.0 Å². The molecule has 12 nitrogen and oxygen atoms in total. The summed E-state index contributed by atoms with van der Waals surface area (Å²) < 4.78 is 19.9. The molecule has 1 amide bonds. The van der Waals surface area contributed by atoms with Crippen molar-refractivity contribution in [2.24, 2.45) is 30.3 Å². The van der Waals surface area contributed by atoms with Crippen molar-refractivity contribution in [1.29, 1.82) is 0 Å². The molecule has 4 heterocycles. The van der Waals surface area contributed by atoms with Crippen molar-refractivity contribution in [3.05, 3.63) is 86.4 Å². The van der Waals surface area contributed by atoms with Gasteiger partial charge in [0.1, 0.15) is 0 Å². The Kier molecular flexibility index (Phi) is 11.2. The zero-order chi connectivity index (χ0) is 43.7.